The quantitative estimate of drug-likeness (QED) is 0.701. The number of nitrogens with zero attached hydrogens (tertiary/aromatic N) is 1. The minimum absolute atomic E-state index is 0.750. The average molecular weight is 253 g/mol. The van der Waals surface area contributed by atoms with Gasteiger partial charge in [-0.2, -0.15) is 0 Å². The van der Waals surface area contributed by atoms with Crippen LogP contribution in [0.3, 0.4) is 0 Å². The fourth-order valence-corrected chi connectivity index (χ4v) is 2.14. The summed E-state index contributed by atoms with van der Waals surface area (Å²) in [6, 6.07) is 9.76. The number of benzene rings is 1. The van der Waals surface area contributed by atoms with Gasteiger partial charge in [0.15, 0.2) is 0 Å². The summed E-state index contributed by atoms with van der Waals surface area (Å²) in [6.07, 6.45) is 6.12. The number of aromatic nitrogens is 1. The number of furan rings is 1. The summed E-state index contributed by atoms with van der Waals surface area (Å²) < 4.78 is 5.31. The predicted molar refractivity (Wildman–Crippen MR) is 77.1 cm³/mol. The minimum Gasteiger partial charge on any atom is -0.469 e. The molecular weight excluding hydrogens is 238 g/mol. The maximum atomic E-state index is 5.95. The number of fused-ring (bicyclic) bond motifs is 1. The van der Waals surface area contributed by atoms with Crippen LogP contribution >= 0.6 is 0 Å². The van der Waals surface area contributed by atoms with Gasteiger partial charge in [0.2, 0.25) is 0 Å². The van der Waals surface area contributed by atoms with E-state index in [0.29, 0.717) is 0 Å². The standard InChI is InChI=1S/C15H15N3O/c16-14-3-4-15(12-6-7-17-10-13(12)14)18-8-5-11-2-1-9-19-11/h1-4,6-7,9-10,18H,5,8,16H2. The van der Waals surface area contributed by atoms with E-state index in [4.69, 9.17) is 10.2 Å². The molecule has 3 aromatic rings. The summed E-state index contributed by atoms with van der Waals surface area (Å²) >= 11 is 0. The first-order valence-corrected chi connectivity index (χ1v) is 6.23. The first-order valence-electron chi connectivity index (χ1n) is 6.23. The molecule has 0 amide bonds. The molecule has 0 saturated carbocycles. The Labute approximate surface area is 111 Å². The number of nitrogen functional groups attached to an aromatic ring is 1. The lowest BCUT2D eigenvalue weighted by Crippen LogP contribution is -2.05. The van der Waals surface area contributed by atoms with Crippen LogP contribution in [0.4, 0.5) is 11.4 Å². The Balaban J connectivity index is 1.79. The molecule has 0 radical (unpaired) electrons. The maximum absolute atomic E-state index is 5.95. The molecule has 0 aliphatic rings. The minimum atomic E-state index is 0.750. The highest BCUT2D eigenvalue weighted by molar-refractivity contribution is 6.00. The molecule has 2 heterocycles. The summed E-state index contributed by atoms with van der Waals surface area (Å²) in [4.78, 5) is 4.11. The van der Waals surface area contributed by atoms with Gasteiger partial charge in [-0.1, -0.05) is 0 Å². The second-order valence-electron chi connectivity index (χ2n) is 4.38. The smallest absolute Gasteiger partial charge is 0.105 e. The van der Waals surface area contributed by atoms with Crippen molar-refractivity contribution in [2.45, 2.75) is 6.42 Å². The van der Waals surface area contributed by atoms with E-state index >= 15 is 0 Å². The van der Waals surface area contributed by atoms with Crippen molar-refractivity contribution in [3.8, 4) is 0 Å². The molecular formula is C15H15N3O. The Morgan fingerprint density at radius 3 is 2.95 bits per heavy atom. The van der Waals surface area contributed by atoms with E-state index in [1.807, 2.05) is 30.3 Å². The Kier molecular flexibility index (Phi) is 3.06. The van der Waals surface area contributed by atoms with Crippen LogP contribution in [0.2, 0.25) is 0 Å². The van der Waals surface area contributed by atoms with Gasteiger partial charge in [0.05, 0.1) is 6.26 Å². The Morgan fingerprint density at radius 2 is 2.11 bits per heavy atom. The molecule has 0 atom stereocenters. The van der Waals surface area contributed by atoms with Crippen molar-refractivity contribution in [2.75, 3.05) is 17.6 Å². The molecule has 3 N–H and O–H groups in total. The molecule has 0 bridgehead atoms. The molecule has 2 aromatic heterocycles. The highest BCUT2D eigenvalue weighted by Crippen LogP contribution is 2.27. The average Bonchev–Trinajstić information content (AvgIpc) is 2.95. The van der Waals surface area contributed by atoms with Gasteiger partial charge < -0.3 is 15.5 Å². The molecule has 0 aliphatic carbocycles. The highest BCUT2D eigenvalue weighted by atomic mass is 16.3. The highest BCUT2D eigenvalue weighted by Gasteiger charge is 2.04. The normalized spacial score (nSPS) is 10.7. The summed E-state index contributed by atoms with van der Waals surface area (Å²) in [5.74, 6) is 0.980. The lowest BCUT2D eigenvalue weighted by atomic mass is 10.1. The molecule has 1 aromatic carbocycles. The fraction of sp³-hybridized carbons (Fsp3) is 0.133. The summed E-state index contributed by atoms with van der Waals surface area (Å²) in [5, 5.41) is 5.48. The molecule has 4 heteroatoms. The van der Waals surface area contributed by atoms with Gasteiger partial charge in [0.1, 0.15) is 5.76 Å². The summed E-state index contributed by atoms with van der Waals surface area (Å²) in [6.45, 7) is 0.814. The number of anilines is 2. The van der Waals surface area contributed by atoms with Crippen LogP contribution in [0.5, 0.6) is 0 Å². The lowest BCUT2D eigenvalue weighted by Gasteiger charge is -2.10. The van der Waals surface area contributed by atoms with Crippen LogP contribution < -0.4 is 11.1 Å². The SMILES string of the molecule is Nc1ccc(NCCc2ccco2)c2ccncc12. The Hall–Kier alpha value is -2.49. The molecule has 0 unspecified atom stereocenters. The zero-order valence-corrected chi connectivity index (χ0v) is 10.5. The van der Waals surface area contributed by atoms with E-state index in [9.17, 15) is 0 Å². The van der Waals surface area contributed by atoms with Crippen LogP contribution in [0, 0.1) is 0 Å². The second-order valence-corrected chi connectivity index (χ2v) is 4.38. The van der Waals surface area contributed by atoms with Gasteiger partial charge in [-0.25, -0.2) is 0 Å². The van der Waals surface area contributed by atoms with Crippen molar-refractivity contribution in [3.63, 3.8) is 0 Å². The van der Waals surface area contributed by atoms with E-state index in [-0.39, 0.29) is 0 Å². The van der Waals surface area contributed by atoms with Gasteiger partial charge in [0.25, 0.3) is 0 Å². The zero-order chi connectivity index (χ0) is 13.1. The first kappa shape index (κ1) is 11.6. The third kappa shape index (κ3) is 2.38. The summed E-state index contributed by atoms with van der Waals surface area (Å²) in [5.41, 5.74) is 7.77. The fourth-order valence-electron chi connectivity index (χ4n) is 2.14. The molecule has 96 valence electrons. The van der Waals surface area contributed by atoms with Crippen molar-refractivity contribution < 1.29 is 4.42 Å². The van der Waals surface area contributed by atoms with Gasteiger partial charge >= 0.3 is 0 Å². The van der Waals surface area contributed by atoms with Crippen LogP contribution in [0.25, 0.3) is 10.8 Å². The largest absolute Gasteiger partial charge is 0.469 e. The van der Waals surface area contributed by atoms with Crippen LogP contribution in [0.1, 0.15) is 5.76 Å². The maximum Gasteiger partial charge on any atom is 0.105 e. The topological polar surface area (TPSA) is 64.1 Å². The van der Waals surface area contributed by atoms with Crippen LogP contribution in [0.15, 0.2) is 53.4 Å². The van der Waals surface area contributed by atoms with Gasteiger partial charge in [0, 0.05) is 47.5 Å². The number of nitrogens with one attached hydrogen (secondary N) is 1. The Bertz CT molecular complexity index is 677. The van der Waals surface area contributed by atoms with Crippen molar-refractivity contribution >= 4 is 22.1 Å². The van der Waals surface area contributed by atoms with Gasteiger partial charge in [-0.3, -0.25) is 4.98 Å². The van der Waals surface area contributed by atoms with Gasteiger partial charge in [-0.15, -0.1) is 0 Å². The molecule has 3 rings (SSSR count). The molecule has 0 aliphatic heterocycles. The molecule has 0 fully saturated rings. The Morgan fingerprint density at radius 1 is 1.16 bits per heavy atom. The number of hydrogen-bond donors (Lipinski definition) is 2. The molecule has 19 heavy (non-hydrogen) atoms. The van der Waals surface area contributed by atoms with E-state index in [1.54, 1.807) is 18.7 Å². The molecule has 0 spiro atoms. The van der Waals surface area contributed by atoms with Crippen LogP contribution in [-0.4, -0.2) is 11.5 Å². The van der Waals surface area contributed by atoms with Crippen molar-refractivity contribution in [1.29, 1.82) is 0 Å². The van der Waals surface area contributed by atoms with Crippen molar-refractivity contribution in [1.82, 2.24) is 4.98 Å². The number of nitrogens with two attached hydrogens (primary N) is 1. The molecule has 4 nitrogen and oxygen atoms in total. The zero-order valence-electron chi connectivity index (χ0n) is 10.5. The number of pyridine rings is 1. The third-order valence-electron chi connectivity index (χ3n) is 3.12. The lowest BCUT2D eigenvalue weighted by molar-refractivity contribution is 0.513. The van der Waals surface area contributed by atoms with Gasteiger partial charge in [-0.05, 0) is 30.3 Å². The summed E-state index contributed by atoms with van der Waals surface area (Å²) in [7, 11) is 0. The number of hydrogen-bond acceptors (Lipinski definition) is 4. The second kappa shape index (κ2) is 5.02. The monoisotopic (exact) mass is 253 g/mol. The predicted octanol–water partition coefficient (Wildman–Crippen LogP) is 3.06. The van der Waals surface area contributed by atoms with E-state index in [2.05, 4.69) is 10.3 Å². The number of rotatable bonds is 4. The van der Waals surface area contributed by atoms with E-state index < -0.39 is 0 Å². The van der Waals surface area contributed by atoms with Crippen LogP contribution in [-0.2, 0) is 6.42 Å². The third-order valence-corrected chi connectivity index (χ3v) is 3.12. The first-order chi connectivity index (χ1) is 9.34. The van der Waals surface area contributed by atoms with Crippen molar-refractivity contribution in [2.24, 2.45) is 0 Å². The molecule has 0 saturated heterocycles. The van der Waals surface area contributed by atoms with E-state index in [1.165, 1.54) is 0 Å². The van der Waals surface area contributed by atoms with E-state index in [0.717, 1.165) is 40.9 Å². The van der Waals surface area contributed by atoms with Crippen molar-refractivity contribution in [3.05, 3.63) is 54.7 Å².